The lowest BCUT2D eigenvalue weighted by Crippen LogP contribution is -2.47. The molecule has 0 aliphatic carbocycles. The van der Waals surface area contributed by atoms with E-state index in [9.17, 15) is 22.8 Å². The summed E-state index contributed by atoms with van der Waals surface area (Å²) in [7, 11) is 0. The number of halogens is 3. The van der Waals surface area contributed by atoms with E-state index in [-0.39, 0.29) is 23.1 Å². The summed E-state index contributed by atoms with van der Waals surface area (Å²) in [4.78, 5) is 36.3. The average Bonchev–Trinajstić information content (AvgIpc) is 3.21. The molecule has 0 unspecified atom stereocenters. The zero-order valence-electron chi connectivity index (χ0n) is 17.5. The summed E-state index contributed by atoms with van der Waals surface area (Å²) < 4.78 is 40.7. The number of rotatable bonds is 5. The first-order valence-electron chi connectivity index (χ1n) is 10.3. The smallest absolute Gasteiger partial charge is 0.406 e. The molecule has 2 amide bonds. The van der Waals surface area contributed by atoms with E-state index >= 15 is 0 Å². The molecule has 2 aromatic rings. The van der Waals surface area contributed by atoms with Crippen LogP contribution in [0.3, 0.4) is 0 Å². The highest BCUT2D eigenvalue weighted by molar-refractivity contribution is 6.39. The molecule has 174 valence electrons. The van der Waals surface area contributed by atoms with Crippen LogP contribution < -0.4 is 10.1 Å². The Balaban J connectivity index is 1.27. The monoisotopic (exact) mass is 462 g/mol. The molecular formula is C22H21F3N4O4. The molecule has 2 aliphatic heterocycles. The van der Waals surface area contributed by atoms with Crippen LogP contribution in [0.4, 0.5) is 13.2 Å². The molecular weight excluding hydrogens is 441 g/mol. The molecule has 1 aromatic heterocycles. The summed E-state index contributed by atoms with van der Waals surface area (Å²) in [6.45, 7) is 1.10. The Bertz CT molecular complexity index is 1030. The fourth-order valence-corrected chi connectivity index (χ4v) is 3.80. The molecule has 8 nitrogen and oxygen atoms in total. The van der Waals surface area contributed by atoms with E-state index in [1.165, 1.54) is 12.1 Å². The van der Waals surface area contributed by atoms with Crippen molar-refractivity contribution in [2.24, 2.45) is 5.16 Å². The van der Waals surface area contributed by atoms with Crippen molar-refractivity contribution in [1.29, 1.82) is 0 Å². The zero-order valence-corrected chi connectivity index (χ0v) is 17.5. The summed E-state index contributed by atoms with van der Waals surface area (Å²) in [5, 5.41) is 6.78. The zero-order chi connectivity index (χ0) is 23.5. The molecule has 11 heteroatoms. The van der Waals surface area contributed by atoms with Crippen molar-refractivity contribution in [2.75, 3.05) is 13.1 Å². The fraction of sp³-hybridized carbons (Fsp3) is 0.364. The molecule has 2 aliphatic rings. The van der Waals surface area contributed by atoms with Gasteiger partial charge in [0.15, 0.2) is 0 Å². The topological polar surface area (TPSA) is 93.1 Å². The van der Waals surface area contributed by atoms with Gasteiger partial charge in [-0.15, -0.1) is 13.2 Å². The first-order valence-corrected chi connectivity index (χ1v) is 10.3. The van der Waals surface area contributed by atoms with Gasteiger partial charge in [0.1, 0.15) is 17.1 Å². The molecule has 4 rings (SSSR count). The number of nitrogens with one attached hydrogen (secondary N) is 1. The predicted molar refractivity (Wildman–Crippen MR) is 110 cm³/mol. The number of carbonyl (C=O) groups excluding carboxylic acids is 2. The van der Waals surface area contributed by atoms with Crippen molar-refractivity contribution in [1.82, 2.24) is 15.2 Å². The lowest BCUT2D eigenvalue weighted by molar-refractivity contribution is -0.274. The molecule has 0 radical (unpaired) electrons. The Labute approximate surface area is 187 Å². The van der Waals surface area contributed by atoms with Crippen molar-refractivity contribution in [3.8, 4) is 5.75 Å². The number of amides is 2. The minimum absolute atomic E-state index is 0.264. The number of likely N-dealkylation sites (tertiary alicyclic amines) is 1. The molecule has 1 fully saturated rings. The number of carbonyl (C=O) groups is 2. The standard InChI is InChI=1S/C22H21F3N4O4/c23-22(24,25)32-17-3-1-16(2-4-17)20(31)29-11-7-21(8-12-29)13-18(28-33-21)19(30)27-14-15-5-9-26-10-6-15/h1-6,9-10H,7-8,11-14H2,(H,27,30). The van der Waals surface area contributed by atoms with Gasteiger partial charge in [0, 0.05) is 56.9 Å². The lowest BCUT2D eigenvalue weighted by Gasteiger charge is -2.37. The highest BCUT2D eigenvalue weighted by Crippen LogP contribution is 2.35. The molecule has 33 heavy (non-hydrogen) atoms. The van der Waals surface area contributed by atoms with Gasteiger partial charge in [-0.1, -0.05) is 5.16 Å². The molecule has 1 N–H and O–H groups in total. The lowest BCUT2D eigenvalue weighted by atomic mass is 9.86. The van der Waals surface area contributed by atoms with Gasteiger partial charge in [-0.3, -0.25) is 14.6 Å². The predicted octanol–water partition coefficient (Wildman–Crippen LogP) is 3.05. The normalized spacial score (nSPS) is 17.3. The number of aromatic nitrogens is 1. The quantitative estimate of drug-likeness (QED) is 0.738. The summed E-state index contributed by atoms with van der Waals surface area (Å²) in [5.41, 5.74) is 0.853. The van der Waals surface area contributed by atoms with E-state index in [2.05, 4.69) is 20.2 Å². The van der Waals surface area contributed by atoms with E-state index < -0.39 is 12.0 Å². The number of pyridine rings is 1. The minimum atomic E-state index is -4.79. The van der Waals surface area contributed by atoms with Crippen molar-refractivity contribution >= 4 is 17.5 Å². The molecule has 1 saturated heterocycles. The number of nitrogens with zero attached hydrogens (tertiary/aromatic N) is 3. The van der Waals surface area contributed by atoms with Crippen LogP contribution >= 0.6 is 0 Å². The number of ether oxygens (including phenoxy) is 1. The Morgan fingerprint density at radius 1 is 1.09 bits per heavy atom. The maximum atomic E-state index is 12.7. The van der Waals surface area contributed by atoms with E-state index in [1.807, 2.05) is 0 Å². The Morgan fingerprint density at radius 3 is 2.39 bits per heavy atom. The van der Waals surface area contributed by atoms with E-state index in [0.717, 1.165) is 17.7 Å². The van der Waals surface area contributed by atoms with Gasteiger partial charge in [-0.25, -0.2) is 0 Å². The minimum Gasteiger partial charge on any atom is -0.406 e. The maximum Gasteiger partial charge on any atom is 0.573 e. The summed E-state index contributed by atoms with van der Waals surface area (Å²) in [5.74, 6) is -0.983. The Kier molecular flexibility index (Phi) is 6.21. The summed E-state index contributed by atoms with van der Waals surface area (Å²) in [6.07, 6.45) is -0.179. The van der Waals surface area contributed by atoms with E-state index in [1.54, 1.807) is 29.4 Å². The van der Waals surface area contributed by atoms with Gasteiger partial charge in [0.2, 0.25) is 0 Å². The van der Waals surface area contributed by atoms with Crippen molar-refractivity contribution in [3.05, 3.63) is 59.9 Å². The number of piperidine rings is 1. The average molecular weight is 462 g/mol. The van der Waals surface area contributed by atoms with Gasteiger partial charge >= 0.3 is 6.36 Å². The number of hydrogen-bond acceptors (Lipinski definition) is 6. The van der Waals surface area contributed by atoms with Crippen molar-refractivity contribution in [3.63, 3.8) is 0 Å². The second-order valence-corrected chi connectivity index (χ2v) is 7.89. The van der Waals surface area contributed by atoms with Gasteiger partial charge in [0.05, 0.1) is 0 Å². The second-order valence-electron chi connectivity index (χ2n) is 7.89. The third kappa shape index (κ3) is 5.60. The molecule has 0 bridgehead atoms. The number of benzene rings is 1. The molecule has 1 spiro atoms. The third-order valence-electron chi connectivity index (χ3n) is 5.60. The van der Waals surface area contributed by atoms with E-state index in [4.69, 9.17) is 4.84 Å². The SMILES string of the molecule is O=C(NCc1ccncc1)C1=NOC2(CCN(C(=O)c3ccc(OC(F)(F)F)cc3)CC2)C1. The van der Waals surface area contributed by atoms with Crippen LogP contribution in [-0.2, 0) is 16.2 Å². The van der Waals surface area contributed by atoms with Crippen LogP contribution in [0, 0.1) is 0 Å². The van der Waals surface area contributed by atoms with Gasteiger partial charge < -0.3 is 19.8 Å². The largest absolute Gasteiger partial charge is 0.573 e. The fourth-order valence-electron chi connectivity index (χ4n) is 3.80. The Morgan fingerprint density at radius 2 is 1.76 bits per heavy atom. The number of oxime groups is 1. The maximum absolute atomic E-state index is 12.7. The van der Waals surface area contributed by atoms with Gasteiger partial charge in [-0.2, -0.15) is 0 Å². The number of hydrogen-bond donors (Lipinski definition) is 1. The van der Waals surface area contributed by atoms with Crippen LogP contribution in [0.5, 0.6) is 5.75 Å². The highest BCUT2D eigenvalue weighted by Gasteiger charge is 2.44. The molecule has 3 heterocycles. The van der Waals surface area contributed by atoms with Crippen LogP contribution in [-0.4, -0.2) is 52.5 Å². The molecule has 0 saturated carbocycles. The highest BCUT2D eigenvalue weighted by atomic mass is 19.4. The molecule has 1 aromatic carbocycles. The second kappa shape index (κ2) is 9.08. The first kappa shape index (κ1) is 22.6. The van der Waals surface area contributed by atoms with Crippen LogP contribution in [0.15, 0.2) is 53.9 Å². The van der Waals surface area contributed by atoms with E-state index in [0.29, 0.717) is 44.6 Å². The van der Waals surface area contributed by atoms with Gasteiger partial charge in [0.25, 0.3) is 11.8 Å². The van der Waals surface area contributed by atoms with Crippen LogP contribution in [0.1, 0.15) is 35.2 Å². The summed E-state index contributed by atoms with van der Waals surface area (Å²) in [6, 6.07) is 8.42. The third-order valence-corrected chi connectivity index (χ3v) is 5.60. The van der Waals surface area contributed by atoms with Crippen molar-refractivity contribution < 1.29 is 32.3 Å². The van der Waals surface area contributed by atoms with Crippen LogP contribution in [0.2, 0.25) is 0 Å². The summed E-state index contributed by atoms with van der Waals surface area (Å²) >= 11 is 0. The number of alkyl halides is 3. The van der Waals surface area contributed by atoms with Crippen LogP contribution in [0.25, 0.3) is 0 Å². The van der Waals surface area contributed by atoms with Gasteiger partial charge in [-0.05, 0) is 42.0 Å². The first-order chi connectivity index (χ1) is 15.7. The van der Waals surface area contributed by atoms with Crippen molar-refractivity contribution in [2.45, 2.75) is 37.8 Å². The Hall–Kier alpha value is -3.63. The molecule has 0 atom stereocenters.